The summed E-state index contributed by atoms with van der Waals surface area (Å²) in [5.74, 6) is -0.856. The predicted octanol–water partition coefficient (Wildman–Crippen LogP) is 3.04. The number of benzene rings is 2. The fourth-order valence-electron chi connectivity index (χ4n) is 3.69. The first-order chi connectivity index (χ1) is 15.2. The molecular weight excluding hydrogens is 409 g/mol. The number of morpholine rings is 1. The second-order valence-electron chi connectivity index (χ2n) is 9.03. The third kappa shape index (κ3) is 6.61. The van der Waals surface area contributed by atoms with Crippen molar-refractivity contribution < 1.29 is 18.7 Å². The van der Waals surface area contributed by atoms with Crippen molar-refractivity contribution in [1.29, 1.82) is 0 Å². The molecule has 0 aromatic heterocycles. The Kier molecular flexibility index (Phi) is 7.99. The minimum absolute atomic E-state index is 0.0104. The molecule has 0 bridgehead atoms. The molecule has 2 aromatic rings. The topological polar surface area (TPSA) is 70.7 Å². The van der Waals surface area contributed by atoms with Crippen LogP contribution in [0, 0.1) is 5.82 Å². The summed E-state index contributed by atoms with van der Waals surface area (Å²) < 4.78 is 18.8. The molecule has 1 aliphatic heterocycles. The van der Waals surface area contributed by atoms with Crippen LogP contribution in [0.15, 0.2) is 48.5 Å². The molecule has 1 aliphatic rings. The van der Waals surface area contributed by atoms with E-state index in [1.54, 1.807) is 24.3 Å². The van der Waals surface area contributed by atoms with E-state index in [4.69, 9.17) is 4.74 Å². The molecule has 2 N–H and O–H groups in total. The van der Waals surface area contributed by atoms with Crippen LogP contribution in [-0.2, 0) is 14.9 Å². The average Bonchev–Trinajstić information content (AvgIpc) is 2.79. The summed E-state index contributed by atoms with van der Waals surface area (Å²) in [5.41, 5.74) is 2.60. The fourth-order valence-corrected chi connectivity index (χ4v) is 3.69. The van der Waals surface area contributed by atoms with Gasteiger partial charge in [-0.25, -0.2) is 4.39 Å². The number of halogens is 1. The number of nitrogens with zero attached hydrogens (tertiary/aromatic N) is 1. The lowest BCUT2D eigenvalue weighted by molar-refractivity contribution is -0.120. The molecule has 3 rings (SSSR count). The summed E-state index contributed by atoms with van der Waals surface area (Å²) in [4.78, 5) is 27.0. The third-order valence-corrected chi connectivity index (χ3v) is 5.66. The van der Waals surface area contributed by atoms with Gasteiger partial charge in [0.15, 0.2) is 0 Å². The number of hydrogen-bond acceptors (Lipinski definition) is 4. The maximum absolute atomic E-state index is 13.4. The largest absolute Gasteiger partial charge is 0.379 e. The smallest absolute Gasteiger partial charge is 0.251 e. The standard InChI is InChI=1S/C25H32FN3O3/c1-25(2,3)20-8-4-19(5-9-20)24(31)28-17-23(30)27-16-22(29-12-14-32-15-13-29)18-6-10-21(26)11-7-18/h4-11,22H,12-17H2,1-3H3,(H,27,30)(H,28,31). The first-order valence-electron chi connectivity index (χ1n) is 11.0. The lowest BCUT2D eigenvalue weighted by Crippen LogP contribution is -2.45. The highest BCUT2D eigenvalue weighted by Gasteiger charge is 2.23. The highest BCUT2D eigenvalue weighted by Crippen LogP contribution is 2.23. The summed E-state index contributed by atoms with van der Waals surface area (Å²) in [6, 6.07) is 13.7. The van der Waals surface area contributed by atoms with Crippen LogP contribution in [0.1, 0.15) is 48.3 Å². The highest BCUT2D eigenvalue weighted by molar-refractivity contribution is 5.96. The molecule has 0 aliphatic carbocycles. The van der Waals surface area contributed by atoms with Crippen molar-refractivity contribution >= 4 is 11.8 Å². The number of amides is 2. The quantitative estimate of drug-likeness (QED) is 0.693. The van der Waals surface area contributed by atoms with Gasteiger partial charge in [-0.15, -0.1) is 0 Å². The number of rotatable bonds is 7. The molecule has 32 heavy (non-hydrogen) atoms. The zero-order valence-electron chi connectivity index (χ0n) is 19.0. The van der Waals surface area contributed by atoms with Gasteiger partial charge in [0.2, 0.25) is 5.91 Å². The molecule has 1 fully saturated rings. The van der Waals surface area contributed by atoms with E-state index < -0.39 is 0 Å². The molecule has 0 radical (unpaired) electrons. The van der Waals surface area contributed by atoms with Gasteiger partial charge in [-0.3, -0.25) is 14.5 Å². The number of ether oxygens (including phenoxy) is 1. The lowest BCUT2D eigenvalue weighted by atomic mass is 9.87. The minimum atomic E-state index is -0.295. The van der Waals surface area contributed by atoms with Gasteiger partial charge < -0.3 is 15.4 Å². The Morgan fingerprint density at radius 2 is 1.62 bits per heavy atom. The Balaban J connectivity index is 1.54. The van der Waals surface area contributed by atoms with Crippen LogP contribution in [-0.4, -0.2) is 56.1 Å². The Bertz CT molecular complexity index is 902. The number of carbonyl (C=O) groups excluding carboxylic acids is 2. The Morgan fingerprint density at radius 3 is 2.22 bits per heavy atom. The molecule has 1 saturated heterocycles. The van der Waals surface area contributed by atoms with Gasteiger partial charge in [-0.05, 0) is 40.8 Å². The summed E-state index contributed by atoms with van der Waals surface area (Å²) >= 11 is 0. The van der Waals surface area contributed by atoms with Gasteiger partial charge in [0, 0.05) is 25.2 Å². The Labute approximate surface area is 189 Å². The van der Waals surface area contributed by atoms with Crippen molar-refractivity contribution in [3.8, 4) is 0 Å². The molecule has 7 heteroatoms. The van der Waals surface area contributed by atoms with Crippen LogP contribution in [0.5, 0.6) is 0 Å². The molecule has 6 nitrogen and oxygen atoms in total. The van der Waals surface area contributed by atoms with Crippen LogP contribution in [0.3, 0.4) is 0 Å². The molecule has 2 amide bonds. The van der Waals surface area contributed by atoms with Gasteiger partial charge in [0.25, 0.3) is 5.91 Å². The molecule has 1 atom stereocenters. The van der Waals surface area contributed by atoms with Crippen LogP contribution < -0.4 is 10.6 Å². The van der Waals surface area contributed by atoms with Crippen molar-refractivity contribution in [2.24, 2.45) is 0 Å². The molecule has 1 heterocycles. The van der Waals surface area contributed by atoms with E-state index in [1.807, 2.05) is 12.1 Å². The van der Waals surface area contributed by atoms with E-state index in [9.17, 15) is 14.0 Å². The molecule has 0 saturated carbocycles. The van der Waals surface area contributed by atoms with Gasteiger partial charge in [-0.2, -0.15) is 0 Å². The van der Waals surface area contributed by atoms with E-state index in [0.717, 1.165) is 24.2 Å². The molecular formula is C25H32FN3O3. The number of carbonyl (C=O) groups is 2. The summed E-state index contributed by atoms with van der Waals surface area (Å²) in [7, 11) is 0. The average molecular weight is 442 g/mol. The number of hydrogen-bond donors (Lipinski definition) is 2. The summed E-state index contributed by atoms with van der Waals surface area (Å²) in [5, 5.41) is 5.57. The second kappa shape index (κ2) is 10.7. The maximum atomic E-state index is 13.4. The van der Waals surface area contributed by atoms with E-state index in [0.29, 0.717) is 25.3 Å². The summed E-state index contributed by atoms with van der Waals surface area (Å²) in [6.07, 6.45) is 0. The minimum Gasteiger partial charge on any atom is -0.379 e. The fraction of sp³-hybridized carbons (Fsp3) is 0.440. The normalized spacial score (nSPS) is 15.8. The van der Waals surface area contributed by atoms with E-state index in [2.05, 4.69) is 36.3 Å². The van der Waals surface area contributed by atoms with Gasteiger partial charge >= 0.3 is 0 Å². The van der Waals surface area contributed by atoms with Gasteiger partial charge in [0.1, 0.15) is 5.82 Å². The van der Waals surface area contributed by atoms with Crippen LogP contribution >= 0.6 is 0 Å². The monoisotopic (exact) mass is 441 g/mol. The van der Waals surface area contributed by atoms with Crippen molar-refractivity contribution in [2.45, 2.75) is 32.2 Å². The molecule has 0 spiro atoms. The van der Waals surface area contributed by atoms with E-state index >= 15 is 0 Å². The van der Waals surface area contributed by atoms with Gasteiger partial charge in [-0.1, -0.05) is 45.0 Å². The highest BCUT2D eigenvalue weighted by atomic mass is 19.1. The first kappa shape index (κ1) is 23.9. The molecule has 2 aromatic carbocycles. The summed E-state index contributed by atoms with van der Waals surface area (Å²) in [6.45, 7) is 9.30. The zero-order chi connectivity index (χ0) is 23.1. The van der Waals surface area contributed by atoms with Crippen molar-refractivity contribution in [3.63, 3.8) is 0 Å². The first-order valence-corrected chi connectivity index (χ1v) is 11.0. The van der Waals surface area contributed by atoms with Crippen LogP contribution in [0.25, 0.3) is 0 Å². The zero-order valence-corrected chi connectivity index (χ0v) is 19.0. The van der Waals surface area contributed by atoms with Crippen molar-refractivity contribution in [1.82, 2.24) is 15.5 Å². The van der Waals surface area contributed by atoms with Gasteiger partial charge in [0.05, 0.1) is 25.8 Å². The number of nitrogens with one attached hydrogen (secondary N) is 2. The SMILES string of the molecule is CC(C)(C)c1ccc(C(=O)NCC(=O)NCC(c2ccc(F)cc2)N2CCOCC2)cc1. The molecule has 1 unspecified atom stereocenters. The van der Waals surface area contributed by atoms with Crippen molar-refractivity contribution in [2.75, 3.05) is 39.4 Å². The predicted molar refractivity (Wildman–Crippen MR) is 122 cm³/mol. The third-order valence-electron chi connectivity index (χ3n) is 5.66. The van der Waals surface area contributed by atoms with Crippen LogP contribution in [0.2, 0.25) is 0 Å². The van der Waals surface area contributed by atoms with E-state index in [1.165, 1.54) is 12.1 Å². The Hall–Kier alpha value is -2.77. The van der Waals surface area contributed by atoms with Crippen LogP contribution in [0.4, 0.5) is 4.39 Å². The Morgan fingerprint density at radius 1 is 1.00 bits per heavy atom. The second-order valence-corrected chi connectivity index (χ2v) is 9.03. The van der Waals surface area contributed by atoms with Crippen molar-refractivity contribution in [3.05, 3.63) is 71.0 Å². The molecule has 172 valence electrons. The lowest BCUT2D eigenvalue weighted by Gasteiger charge is -2.35. The maximum Gasteiger partial charge on any atom is 0.251 e. The van der Waals surface area contributed by atoms with E-state index in [-0.39, 0.29) is 35.6 Å².